The van der Waals surface area contributed by atoms with Crippen LogP contribution < -0.4 is 29.6 Å². The van der Waals surface area contributed by atoms with Crippen molar-refractivity contribution in [3.05, 3.63) is 92.6 Å². The first-order valence-electron chi connectivity index (χ1n) is 21.1. The van der Waals surface area contributed by atoms with E-state index in [0.717, 1.165) is 81.9 Å². The molecule has 0 aromatic heterocycles. The van der Waals surface area contributed by atoms with Gasteiger partial charge in [-0.05, 0) is 82.7 Å². The van der Waals surface area contributed by atoms with E-state index in [2.05, 4.69) is 66.0 Å². The Bertz CT molecular complexity index is 2050. The minimum absolute atomic E-state index is 0.0999. The third-order valence-corrected chi connectivity index (χ3v) is 12.9. The van der Waals surface area contributed by atoms with Crippen molar-refractivity contribution in [3.63, 3.8) is 0 Å². The lowest BCUT2D eigenvalue weighted by Crippen LogP contribution is -2.42. The Morgan fingerprint density at radius 1 is 0.400 bits per heavy atom. The number of rotatable bonds is 6. The molecule has 0 radical (unpaired) electrons. The number of benzene rings is 2. The average Bonchev–Trinajstić information content (AvgIpc) is 3.13. The zero-order valence-corrected chi connectivity index (χ0v) is 37.5. The molecule has 2 heterocycles. The third kappa shape index (κ3) is 8.06. The van der Waals surface area contributed by atoms with E-state index in [1.54, 1.807) is 28.4 Å². The van der Waals surface area contributed by atoms with Gasteiger partial charge in [-0.25, -0.2) is 0 Å². The molecular formula is C50H62N2O8. The van der Waals surface area contributed by atoms with Crippen molar-refractivity contribution in [1.29, 1.82) is 0 Å². The number of allylic oxidation sites excluding steroid dienone is 8. The van der Waals surface area contributed by atoms with Crippen molar-refractivity contribution >= 4 is 23.1 Å². The van der Waals surface area contributed by atoms with Gasteiger partial charge in [0.15, 0.2) is 46.1 Å². The second-order valence-corrected chi connectivity index (χ2v) is 20.7. The van der Waals surface area contributed by atoms with Crippen LogP contribution in [-0.4, -0.2) is 51.6 Å². The summed E-state index contributed by atoms with van der Waals surface area (Å²) in [6.07, 6.45) is 5.12. The normalized spacial score (nSPS) is 23.0. The van der Waals surface area contributed by atoms with Crippen molar-refractivity contribution in [2.45, 2.75) is 119 Å². The van der Waals surface area contributed by atoms with Crippen molar-refractivity contribution in [2.24, 2.45) is 21.7 Å². The minimum Gasteiger partial charge on any atom is -0.493 e. The average molecular weight is 819 g/mol. The van der Waals surface area contributed by atoms with Gasteiger partial charge in [-0.2, -0.15) is 0 Å². The number of Topliss-reactive ketones (excluding diaryl/α,β-unsaturated/α-hetero) is 4. The number of dihydropyridines is 2. The van der Waals surface area contributed by atoms with Gasteiger partial charge in [0.1, 0.15) is 0 Å². The van der Waals surface area contributed by atoms with Crippen LogP contribution in [0.1, 0.15) is 130 Å². The fourth-order valence-electron chi connectivity index (χ4n) is 10.5. The summed E-state index contributed by atoms with van der Waals surface area (Å²) in [5.74, 6) is 2.24. The van der Waals surface area contributed by atoms with Crippen LogP contribution in [-0.2, 0) is 19.2 Å². The predicted molar refractivity (Wildman–Crippen MR) is 231 cm³/mol. The van der Waals surface area contributed by atoms with Crippen molar-refractivity contribution in [2.75, 3.05) is 28.4 Å². The fourth-order valence-corrected chi connectivity index (χ4v) is 10.5. The molecule has 0 bridgehead atoms. The Balaban J connectivity index is 0.000000181. The number of carbonyl (C=O) groups is 4. The van der Waals surface area contributed by atoms with E-state index >= 15 is 0 Å². The number of nitrogens with one attached hydrogen (secondary N) is 2. The van der Waals surface area contributed by atoms with E-state index in [-0.39, 0.29) is 56.6 Å². The molecule has 60 heavy (non-hydrogen) atoms. The predicted octanol–water partition coefficient (Wildman–Crippen LogP) is 9.35. The first-order valence-corrected chi connectivity index (χ1v) is 21.1. The molecule has 10 heteroatoms. The molecule has 0 unspecified atom stereocenters. The lowest BCUT2D eigenvalue weighted by molar-refractivity contribution is -0.120. The maximum atomic E-state index is 13.3. The molecule has 0 spiro atoms. The quantitative estimate of drug-likeness (QED) is 0.291. The standard InChI is InChI=1S/2C25H31NO4/c2*1-24(2)10-15-22(17(27)12-24)21(14-7-8-19(29-5)20(9-14)30-6)23-16(26-15)11-25(3,4)13-18(23)28/h2*7-9,21,26H,10-13H2,1-6H3. The molecule has 6 aliphatic rings. The van der Waals surface area contributed by atoms with Crippen LogP contribution in [0, 0.1) is 21.7 Å². The SMILES string of the molecule is COc1ccc(C2C3=C(CC(C)(C)CC3=O)NC3=C2C(=O)CC(C)(C)C3)cc1OC.COc1ccc(C2C3=C(CC(C)(C)CC3=O)NC3=C2C(=O)CC(C)(C)C3)cc1OC. The third-order valence-electron chi connectivity index (χ3n) is 12.9. The van der Waals surface area contributed by atoms with Crippen LogP contribution in [0.2, 0.25) is 0 Å². The first kappa shape index (κ1) is 43.0. The Morgan fingerprint density at radius 2 is 0.650 bits per heavy atom. The van der Waals surface area contributed by atoms with Crippen LogP contribution in [0.15, 0.2) is 81.5 Å². The van der Waals surface area contributed by atoms with Gasteiger partial charge in [0.05, 0.1) is 28.4 Å². The summed E-state index contributed by atoms with van der Waals surface area (Å²) in [5.41, 5.74) is 8.26. The summed E-state index contributed by atoms with van der Waals surface area (Å²) >= 11 is 0. The fraction of sp³-hybridized carbons (Fsp3) is 0.520. The Hall–Kier alpha value is -5.12. The molecule has 0 fully saturated rings. The minimum atomic E-state index is -0.358. The van der Waals surface area contributed by atoms with Gasteiger partial charge in [0, 0.05) is 82.6 Å². The van der Waals surface area contributed by atoms with Gasteiger partial charge in [-0.1, -0.05) is 67.5 Å². The molecule has 0 atom stereocenters. The Morgan fingerprint density at radius 3 is 0.883 bits per heavy atom. The van der Waals surface area contributed by atoms with E-state index in [4.69, 9.17) is 18.9 Å². The van der Waals surface area contributed by atoms with Gasteiger partial charge in [-0.3, -0.25) is 19.2 Å². The van der Waals surface area contributed by atoms with Crippen LogP contribution in [0.25, 0.3) is 0 Å². The van der Waals surface area contributed by atoms with Crippen LogP contribution in [0.4, 0.5) is 0 Å². The van der Waals surface area contributed by atoms with E-state index in [9.17, 15) is 19.2 Å². The number of ketones is 4. The molecule has 2 N–H and O–H groups in total. The van der Waals surface area contributed by atoms with Gasteiger partial charge >= 0.3 is 0 Å². The van der Waals surface area contributed by atoms with E-state index in [0.29, 0.717) is 48.7 Å². The van der Waals surface area contributed by atoms with Crippen molar-refractivity contribution in [1.82, 2.24) is 10.6 Å². The number of methoxy groups -OCH3 is 4. The van der Waals surface area contributed by atoms with Gasteiger partial charge < -0.3 is 29.6 Å². The van der Waals surface area contributed by atoms with Crippen molar-refractivity contribution < 1.29 is 38.1 Å². The Labute approximate surface area is 355 Å². The topological polar surface area (TPSA) is 129 Å². The summed E-state index contributed by atoms with van der Waals surface area (Å²) < 4.78 is 21.8. The molecule has 2 aromatic carbocycles. The second-order valence-electron chi connectivity index (χ2n) is 20.7. The molecule has 10 nitrogen and oxygen atoms in total. The highest BCUT2D eigenvalue weighted by Gasteiger charge is 2.48. The molecular weight excluding hydrogens is 757 g/mol. The highest BCUT2D eigenvalue weighted by molar-refractivity contribution is 6.08. The monoisotopic (exact) mass is 818 g/mol. The van der Waals surface area contributed by atoms with Gasteiger partial charge in [0.2, 0.25) is 0 Å². The lowest BCUT2D eigenvalue weighted by atomic mass is 9.64. The zero-order valence-electron chi connectivity index (χ0n) is 37.5. The zero-order chi connectivity index (χ0) is 43.7. The maximum Gasteiger partial charge on any atom is 0.162 e. The van der Waals surface area contributed by atoms with E-state index in [1.165, 1.54) is 0 Å². The molecule has 0 saturated heterocycles. The number of ether oxygens (including phenoxy) is 4. The molecule has 8 rings (SSSR count). The molecule has 0 saturated carbocycles. The first-order chi connectivity index (χ1) is 28.1. The molecule has 2 aromatic rings. The molecule has 4 aliphatic carbocycles. The van der Waals surface area contributed by atoms with Crippen molar-refractivity contribution in [3.8, 4) is 23.0 Å². The summed E-state index contributed by atoms with van der Waals surface area (Å²) in [7, 11) is 6.40. The van der Waals surface area contributed by atoms with E-state index in [1.807, 2.05) is 36.4 Å². The smallest absolute Gasteiger partial charge is 0.162 e. The lowest BCUT2D eigenvalue weighted by Gasteiger charge is -2.44. The summed E-state index contributed by atoms with van der Waals surface area (Å²) in [6, 6.07) is 11.4. The van der Waals surface area contributed by atoms with Gasteiger partial charge in [0.25, 0.3) is 0 Å². The van der Waals surface area contributed by atoms with Crippen LogP contribution in [0.5, 0.6) is 23.0 Å². The highest BCUT2D eigenvalue weighted by atomic mass is 16.5. The largest absolute Gasteiger partial charge is 0.493 e. The number of carbonyl (C=O) groups excluding carboxylic acids is 4. The molecule has 320 valence electrons. The summed E-state index contributed by atoms with van der Waals surface area (Å²) in [4.78, 5) is 53.3. The van der Waals surface area contributed by atoms with Gasteiger partial charge in [-0.15, -0.1) is 0 Å². The van der Waals surface area contributed by atoms with Crippen LogP contribution in [0.3, 0.4) is 0 Å². The highest BCUT2D eigenvalue weighted by Crippen LogP contribution is 2.53. The van der Waals surface area contributed by atoms with E-state index < -0.39 is 0 Å². The Kier molecular flexibility index (Phi) is 11.0. The number of hydrogen-bond acceptors (Lipinski definition) is 10. The van der Waals surface area contributed by atoms with Crippen LogP contribution >= 0.6 is 0 Å². The number of hydrogen-bond donors (Lipinski definition) is 2. The summed E-state index contributed by atoms with van der Waals surface area (Å²) in [5, 5.41) is 7.08. The molecule has 2 aliphatic heterocycles. The molecule has 0 amide bonds. The maximum absolute atomic E-state index is 13.3. The second kappa shape index (κ2) is 15.4. The summed E-state index contributed by atoms with van der Waals surface area (Å²) in [6.45, 7) is 17.0.